The molecule has 0 saturated carbocycles. The first-order valence-corrected chi connectivity index (χ1v) is 6.03. The summed E-state index contributed by atoms with van der Waals surface area (Å²) in [6.07, 6.45) is 0.317. The zero-order valence-electron chi connectivity index (χ0n) is 9.21. The maximum Gasteiger partial charge on any atom is 0.105 e. The lowest BCUT2D eigenvalue weighted by Crippen LogP contribution is -2.35. The molecule has 15 heavy (non-hydrogen) atoms. The van der Waals surface area contributed by atoms with Crippen molar-refractivity contribution in [2.45, 2.75) is 26.2 Å². The third-order valence-electron chi connectivity index (χ3n) is 2.50. The lowest BCUT2D eigenvalue weighted by atomic mass is 10.2. The summed E-state index contributed by atoms with van der Waals surface area (Å²) in [5, 5.41) is 3.16. The molecule has 1 aromatic rings. The molecule has 2 rings (SSSR count). The van der Waals surface area contributed by atoms with E-state index < -0.39 is 0 Å². The molecule has 2 heterocycles. The largest absolute Gasteiger partial charge is 0.376 e. The van der Waals surface area contributed by atoms with Crippen LogP contribution in [-0.2, 0) is 22.6 Å². The van der Waals surface area contributed by atoms with E-state index in [2.05, 4.69) is 18.3 Å². The normalized spacial score (nSPS) is 16.7. The van der Waals surface area contributed by atoms with Crippen LogP contribution >= 0.6 is 11.3 Å². The highest BCUT2D eigenvalue weighted by molar-refractivity contribution is 7.12. The second-order valence-electron chi connectivity index (χ2n) is 3.79. The first kappa shape index (κ1) is 11.1. The molecule has 0 bridgehead atoms. The fourth-order valence-corrected chi connectivity index (χ4v) is 2.57. The smallest absolute Gasteiger partial charge is 0.105 e. The van der Waals surface area contributed by atoms with Crippen molar-refractivity contribution in [3.8, 4) is 0 Å². The van der Waals surface area contributed by atoms with Crippen LogP contribution in [0.4, 0.5) is 0 Å². The molecule has 1 aliphatic rings. The van der Waals surface area contributed by atoms with E-state index >= 15 is 0 Å². The van der Waals surface area contributed by atoms with Crippen molar-refractivity contribution < 1.29 is 9.47 Å². The molecular weight excluding hydrogens is 210 g/mol. The minimum atomic E-state index is 0.317. The molecule has 0 amide bonds. The second kappa shape index (κ2) is 5.07. The first-order chi connectivity index (χ1) is 7.29. The monoisotopic (exact) mass is 227 g/mol. The average Bonchev–Trinajstić information content (AvgIpc) is 2.45. The van der Waals surface area contributed by atoms with Gasteiger partial charge in [-0.15, -0.1) is 11.3 Å². The first-order valence-electron chi connectivity index (χ1n) is 5.21. The SMILES string of the molecule is CNCc1cc(COC2COC2)c(C)s1. The van der Waals surface area contributed by atoms with Gasteiger partial charge in [-0.25, -0.2) is 0 Å². The summed E-state index contributed by atoms with van der Waals surface area (Å²) >= 11 is 1.84. The fourth-order valence-electron chi connectivity index (χ4n) is 1.51. The summed E-state index contributed by atoms with van der Waals surface area (Å²) in [5.41, 5.74) is 1.32. The molecule has 0 aromatic carbocycles. The summed E-state index contributed by atoms with van der Waals surface area (Å²) < 4.78 is 10.8. The van der Waals surface area contributed by atoms with Gasteiger partial charge in [0, 0.05) is 16.3 Å². The van der Waals surface area contributed by atoms with Crippen molar-refractivity contribution >= 4 is 11.3 Å². The Morgan fingerprint density at radius 3 is 3.00 bits per heavy atom. The van der Waals surface area contributed by atoms with Crippen LogP contribution in [0.2, 0.25) is 0 Å². The summed E-state index contributed by atoms with van der Waals surface area (Å²) in [5.74, 6) is 0. The van der Waals surface area contributed by atoms with Crippen LogP contribution in [0.5, 0.6) is 0 Å². The van der Waals surface area contributed by atoms with Gasteiger partial charge < -0.3 is 14.8 Å². The third-order valence-corrected chi connectivity index (χ3v) is 3.60. The second-order valence-corrected chi connectivity index (χ2v) is 5.14. The molecule has 0 spiro atoms. The van der Waals surface area contributed by atoms with Gasteiger partial charge in [0.25, 0.3) is 0 Å². The minimum absolute atomic E-state index is 0.317. The predicted molar refractivity (Wildman–Crippen MR) is 61.2 cm³/mol. The molecule has 3 nitrogen and oxygen atoms in total. The highest BCUT2D eigenvalue weighted by Crippen LogP contribution is 2.23. The van der Waals surface area contributed by atoms with Gasteiger partial charge in [-0.3, -0.25) is 0 Å². The van der Waals surface area contributed by atoms with Gasteiger partial charge >= 0.3 is 0 Å². The Labute approximate surface area is 94.4 Å². The van der Waals surface area contributed by atoms with Crippen molar-refractivity contribution in [3.05, 3.63) is 21.4 Å². The van der Waals surface area contributed by atoms with E-state index in [1.807, 2.05) is 18.4 Å². The van der Waals surface area contributed by atoms with Crippen molar-refractivity contribution in [1.82, 2.24) is 5.32 Å². The summed E-state index contributed by atoms with van der Waals surface area (Å²) in [6.45, 7) is 5.33. The van der Waals surface area contributed by atoms with E-state index in [9.17, 15) is 0 Å². The van der Waals surface area contributed by atoms with Gasteiger partial charge in [0.05, 0.1) is 19.8 Å². The number of thiophene rings is 1. The van der Waals surface area contributed by atoms with Crippen molar-refractivity contribution in [2.24, 2.45) is 0 Å². The molecule has 1 aliphatic heterocycles. The molecule has 0 atom stereocenters. The maximum absolute atomic E-state index is 5.70. The van der Waals surface area contributed by atoms with Gasteiger partial charge in [-0.1, -0.05) is 0 Å². The van der Waals surface area contributed by atoms with Crippen LogP contribution in [0, 0.1) is 6.92 Å². The van der Waals surface area contributed by atoms with Crippen molar-refractivity contribution in [2.75, 3.05) is 20.3 Å². The molecule has 0 aliphatic carbocycles. The molecule has 1 fully saturated rings. The van der Waals surface area contributed by atoms with E-state index in [0.29, 0.717) is 6.10 Å². The Balaban J connectivity index is 1.88. The Morgan fingerprint density at radius 1 is 1.60 bits per heavy atom. The highest BCUT2D eigenvalue weighted by Gasteiger charge is 2.19. The standard InChI is InChI=1S/C11H17NO2S/c1-8-9(3-11(15-8)4-12-2)5-14-10-6-13-7-10/h3,10,12H,4-7H2,1-2H3. The predicted octanol–water partition coefficient (Wildman–Crippen LogP) is 1.69. The number of aryl methyl sites for hydroxylation is 1. The topological polar surface area (TPSA) is 30.5 Å². The van der Waals surface area contributed by atoms with Gasteiger partial charge in [-0.2, -0.15) is 0 Å². The highest BCUT2D eigenvalue weighted by atomic mass is 32.1. The minimum Gasteiger partial charge on any atom is -0.376 e. The van der Waals surface area contributed by atoms with E-state index in [1.54, 1.807) is 0 Å². The van der Waals surface area contributed by atoms with Crippen LogP contribution in [0.15, 0.2) is 6.07 Å². The molecule has 1 aromatic heterocycles. The molecule has 0 unspecified atom stereocenters. The molecule has 0 radical (unpaired) electrons. The molecule has 1 saturated heterocycles. The molecule has 4 heteroatoms. The molecule has 84 valence electrons. The van der Waals surface area contributed by atoms with Gasteiger partial charge in [0.1, 0.15) is 6.10 Å². The van der Waals surface area contributed by atoms with Crippen LogP contribution in [0.3, 0.4) is 0 Å². The summed E-state index contributed by atoms with van der Waals surface area (Å²) in [4.78, 5) is 2.74. The average molecular weight is 227 g/mol. The van der Waals surface area contributed by atoms with Gasteiger partial charge in [0.2, 0.25) is 0 Å². The molecule has 1 N–H and O–H groups in total. The summed E-state index contributed by atoms with van der Waals surface area (Å²) in [7, 11) is 1.97. The van der Waals surface area contributed by atoms with E-state index in [1.165, 1.54) is 15.3 Å². The zero-order chi connectivity index (χ0) is 10.7. The van der Waals surface area contributed by atoms with E-state index in [-0.39, 0.29) is 0 Å². The zero-order valence-corrected chi connectivity index (χ0v) is 10.0. The van der Waals surface area contributed by atoms with Gasteiger partial charge in [0.15, 0.2) is 0 Å². The Kier molecular flexibility index (Phi) is 3.75. The number of hydrogen-bond donors (Lipinski definition) is 1. The Bertz CT molecular complexity index is 320. The van der Waals surface area contributed by atoms with Crippen LogP contribution < -0.4 is 5.32 Å². The molecular formula is C11H17NO2S. The number of nitrogens with one attached hydrogen (secondary N) is 1. The maximum atomic E-state index is 5.70. The number of hydrogen-bond acceptors (Lipinski definition) is 4. The lowest BCUT2D eigenvalue weighted by Gasteiger charge is -2.25. The van der Waals surface area contributed by atoms with Crippen molar-refractivity contribution in [1.29, 1.82) is 0 Å². The van der Waals surface area contributed by atoms with Crippen LogP contribution in [-0.4, -0.2) is 26.4 Å². The Morgan fingerprint density at radius 2 is 2.40 bits per heavy atom. The van der Waals surface area contributed by atoms with Crippen molar-refractivity contribution in [3.63, 3.8) is 0 Å². The van der Waals surface area contributed by atoms with Crippen LogP contribution in [0.1, 0.15) is 15.3 Å². The fraction of sp³-hybridized carbons (Fsp3) is 0.636. The van der Waals surface area contributed by atoms with E-state index in [0.717, 1.165) is 26.4 Å². The summed E-state index contributed by atoms with van der Waals surface area (Å²) in [6, 6.07) is 2.23. The van der Waals surface area contributed by atoms with E-state index in [4.69, 9.17) is 9.47 Å². The third kappa shape index (κ3) is 2.78. The van der Waals surface area contributed by atoms with Gasteiger partial charge in [-0.05, 0) is 25.6 Å². The lowest BCUT2D eigenvalue weighted by molar-refractivity contribution is -0.135. The number of ether oxygens (including phenoxy) is 2. The quantitative estimate of drug-likeness (QED) is 0.830. The number of rotatable bonds is 5. The Hall–Kier alpha value is -0.420. The van der Waals surface area contributed by atoms with Crippen LogP contribution in [0.25, 0.3) is 0 Å².